The standard InChI is InChI=1S/C13H16N4O/c1-18-10-2-3-11-12(8-10)15-9-16-13(11)17-6-4-14-5-7-17/h2-3,8-9,14H,4-7H2,1H3. The van der Waals surface area contributed by atoms with E-state index in [1.165, 1.54) is 0 Å². The Morgan fingerprint density at radius 2 is 2.06 bits per heavy atom. The van der Waals surface area contributed by atoms with E-state index in [9.17, 15) is 0 Å². The number of anilines is 1. The van der Waals surface area contributed by atoms with Crippen molar-refractivity contribution in [2.75, 3.05) is 38.2 Å². The Kier molecular flexibility index (Phi) is 2.98. The van der Waals surface area contributed by atoms with Gasteiger partial charge in [-0.05, 0) is 12.1 Å². The fourth-order valence-electron chi connectivity index (χ4n) is 2.28. The van der Waals surface area contributed by atoms with Gasteiger partial charge in [-0.2, -0.15) is 0 Å². The Morgan fingerprint density at radius 3 is 2.83 bits per heavy atom. The lowest BCUT2D eigenvalue weighted by atomic mass is 10.2. The van der Waals surface area contributed by atoms with Crippen LogP contribution in [0.4, 0.5) is 5.82 Å². The number of ether oxygens (including phenoxy) is 1. The van der Waals surface area contributed by atoms with Gasteiger partial charge in [0, 0.05) is 37.6 Å². The molecule has 1 aromatic heterocycles. The average molecular weight is 244 g/mol. The van der Waals surface area contributed by atoms with Gasteiger partial charge >= 0.3 is 0 Å². The molecule has 0 bridgehead atoms. The van der Waals surface area contributed by atoms with Crippen molar-refractivity contribution in [3.05, 3.63) is 24.5 Å². The van der Waals surface area contributed by atoms with Crippen LogP contribution in [0.5, 0.6) is 5.75 Å². The van der Waals surface area contributed by atoms with E-state index >= 15 is 0 Å². The lowest BCUT2D eigenvalue weighted by Crippen LogP contribution is -2.44. The van der Waals surface area contributed by atoms with Crippen molar-refractivity contribution in [1.82, 2.24) is 15.3 Å². The molecule has 3 rings (SSSR count). The number of nitrogens with zero attached hydrogens (tertiary/aromatic N) is 3. The topological polar surface area (TPSA) is 50.3 Å². The SMILES string of the molecule is COc1ccc2c(N3CCNCC3)ncnc2c1. The third-order valence-electron chi connectivity index (χ3n) is 3.24. The van der Waals surface area contributed by atoms with Gasteiger partial charge in [-0.25, -0.2) is 9.97 Å². The maximum atomic E-state index is 5.22. The Bertz CT molecular complexity index is 552. The summed E-state index contributed by atoms with van der Waals surface area (Å²) in [6, 6.07) is 5.94. The van der Waals surface area contributed by atoms with Crippen LogP contribution in [-0.4, -0.2) is 43.3 Å². The van der Waals surface area contributed by atoms with Gasteiger partial charge in [0.25, 0.3) is 0 Å². The summed E-state index contributed by atoms with van der Waals surface area (Å²) < 4.78 is 5.22. The third-order valence-corrected chi connectivity index (χ3v) is 3.24. The molecule has 2 aromatic rings. The zero-order valence-electron chi connectivity index (χ0n) is 10.4. The highest BCUT2D eigenvalue weighted by Crippen LogP contribution is 2.26. The lowest BCUT2D eigenvalue weighted by Gasteiger charge is -2.29. The molecule has 1 aliphatic heterocycles. The van der Waals surface area contributed by atoms with Crippen LogP contribution < -0.4 is 15.0 Å². The summed E-state index contributed by atoms with van der Waals surface area (Å²) in [4.78, 5) is 11.0. The summed E-state index contributed by atoms with van der Waals surface area (Å²) in [6.07, 6.45) is 1.62. The van der Waals surface area contributed by atoms with Gasteiger partial charge in [-0.3, -0.25) is 0 Å². The van der Waals surface area contributed by atoms with Gasteiger partial charge in [0.1, 0.15) is 17.9 Å². The summed E-state index contributed by atoms with van der Waals surface area (Å²) >= 11 is 0. The molecule has 18 heavy (non-hydrogen) atoms. The number of piperazine rings is 1. The molecule has 1 fully saturated rings. The molecule has 0 spiro atoms. The number of hydrogen-bond donors (Lipinski definition) is 1. The average Bonchev–Trinajstić information content (AvgIpc) is 2.47. The molecule has 94 valence electrons. The molecule has 0 aliphatic carbocycles. The normalized spacial score (nSPS) is 15.9. The van der Waals surface area contributed by atoms with Crippen LogP contribution in [0.25, 0.3) is 10.9 Å². The van der Waals surface area contributed by atoms with E-state index < -0.39 is 0 Å². The smallest absolute Gasteiger partial charge is 0.139 e. The van der Waals surface area contributed by atoms with Crippen molar-refractivity contribution in [2.45, 2.75) is 0 Å². The van der Waals surface area contributed by atoms with E-state index in [4.69, 9.17) is 4.74 Å². The van der Waals surface area contributed by atoms with Gasteiger partial charge in [-0.1, -0.05) is 0 Å². The quantitative estimate of drug-likeness (QED) is 0.855. The highest BCUT2D eigenvalue weighted by atomic mass is 16.5. The molecule has 0 atom stereocenters. The van der Waals surface area contributed by atoms with E-state index in [1.807, 2.05) is 18.2 Å². The molecule has 1 aliphatic rings. The minimum atomic E-state index is 0.826. The molecule has 0 amide bonds. The van der Waals surface area contributed by atoms with Crippen molar-refractivity contribution in [3.63, 3.8) is 0 Å². The van der Waals surface area contributed by atoms with Crippen molar-refractivity contribution in [1.29, 1.82) is 0 Å². The van der Waals surface area contributed by atoms with Crippen LogP contribution in [0, 0.1) is 0 Å². The Balaban J connectivity index is 2.05. The minimum Gasteiger partial charge on any atom is -0.497 e. The molecule has 0 radical (unpaired) electrons. The monoisotopic (exact) mass is 244 g/mol. The van der Waals surface area contributed by atoms with Crippen LogP contribution in [0.2, 0.25) is 0 Å². The molecule has 2 heterocycles. The zero-order valence-corrected chi connectivity index (χ0v) is 10.4. The fraction of sp³-hybridized carbons (Fsp3) is 0.385. The second-order valence-electron chi connectivity index (χ2n) is 4.32. The van der Waals surface area contributed by atoms with Gasteiger partial charge < -0.3 is 15.0 Å². The number of aromatic nitrogens is 2. The van der Waals surface area contributed by atoms with E-state index in [-0.39, 0.29) is 0 Å². The van der Waals surface area contributed by atoms with Crippen molar-refractivity contribution in [2.24, 2.45) is 0 Å². The van der Waals surface area contributed by atoms with Crippen LogP contribution in [0.3, 0.4) is 0 Å². The summed E-state index contributed by atoms with van der Waals surface area (Å²) in [5.74, 6) is 1.84. The maximum Gasteiger partial charge on any atom is 0.139 e. The second-order valence-corrected chi connectivity index (χ2v) is 4.32. The largest absolute Gasteiger partial charge is 0.497 e. The van der Waals surface area contributed by atoms with E-state index in [2.05, 4.69) is 20.2 Å². The Morgan fingerprint density at radius 1 is 1.22 bits per heavy atom. The summed E-state index contributed by atoms with van der Waals surface area (Å²) in [5.41, 5.74) is 0.929. The first-order chi connectivity index (χ1) is 8.88. The number of rotatable bonds is 2. The minimum absolute atomic E-state index is 0.826. The van der Waals surface area contributed by atoms with Crippen molar-refractivity contribution < 1.29 is 4.74 Å². The second kappa shape index (κ2) is 4.78. The van der Waals surface area contributed by atoms with Gasteiger partial charge in [-0.15, -0.1) is 0 Å². The highest BCUT2D eigenvalue weighted by molar-refractivity contribution is 5.90. The Labute approximate surface area is 106 Å². The Hall–Kier alpha value is -1.88. The molecule has 0 unspecified atom stereocenters. The van der Waals surface area contributed by atoms with Crippen LogP contribution >= 0.6 is 0 Å². The summed E-state index contributed by atoms with van der Waals surface area (Å²) in [5, 5.41) is 4.43. The molecule has 1 saturated heterocycles. The zero-order chi connectivity index (χ0) is 12.4. The number of fused-ring (bicyclic) bond motifs is 1. The van der Waals surface area contributed by atoms with Crippen molar-refractivity contribution >= 4 is 16.7 Å². The number of hydrogen-bond acceptors (Lipinski definition) is 5. The summed E-state index contributed by atoms with van der Waals surface area (Å²) in [6.45, 7) is 3.97. The maximum absolute atomic E-state index is 5.22. The predicted molar refractivity (Wildman–Crippen MR) is 71.2 cm³/mol. The van der Waals surface area contributed by atoms with Crippen LogP contribution in [0.1, 0.15) is 0 Å². The van der Waals surface area contributed by atoms with E-state index in [0.717, 1.165) is 48.6 Å². The number of methoxy groups -OCH3 is 1. The summed E-state index contributed by atoms with van der Waals surface area (Å²) in [7, 11) is 1.67. The van der Waals surface area contributed by atoms with Crippen molar-refractivity contribution in [3.8, 4) is 5.75 Å². The number of nitrogens with one attached hydrogen (secondary N) is 1. The van der Waals surface area contributed by atoms with Crippen LogP contribution in [0.15, 0.2) is 24.5 Å². The van der Waals surface area contributed by atoms with Gasteiger partial charge in [0.2, 0.25) is 0 Å². The van der Waals surface area contributed by atoms with E-state index in [1.54, 1.807) is 13.4 Å². The van der Waals surface area contributed by atoms with Crippen LogP contribution in [-0.2, 0) is 0 Å². The van der Waals surface area contributed by atoms with Gasteiger partial charge in [0.05, 0.1) is 12.6 Å². The predicted octanol–water partition coefficient (Wildman–Crippen LogP) is 1.05. The highest BCUT2D eigenvalue weighted by Gasteiger charge is 2.14. The fourth-order valence-corrected chi connectivity index (χ4v) is 2.28. The molecule has 1 aromatic carbocycles. The molecule has 1 N–H and O–H groups in total. The molecule has 5 heteroatoms. The van der Waals surface area contributed by atoms with Gasteiger partial charge in [0.15, 0.2) is 0 Å². The molecule has 0 saturated carbocycles. The first-order valence-electron chi connectivity index (χ1n) is 6.13. The first-order valence-corrected chi connectivity index (χ1v) is 6.13. The third kappa shape index (κ3) is 1.97. The first kappa shape index (κ1) is 11.2. The van der Waals surface area contributed by atoms with E-state index in [0.29, 0.717) is 0 Å². The molecular weight excluding hydrogens is 228 g/mol. The number of benzene rings is 1. The molecular formula is C13H16N4O. The lowest BCUT2D eigenvalue weighted by molar-refractivity contribution is 0.415. The molecule has 5 nitrogen and oxygen atoms in total.